The molecule has 1 fully saturated rings. The van der Waals surface area contributed by atoms with E-state index >= 15 is 0 Å². The lowest BCUT2D eigenvalue weighted by Crippen LogP contribution is -2.39. The van der Waals surface area contributed by atoms with E-state index in [0.717, 1.165) is 18.7 Å². The van der Waals surface area contributed by atoms with Crippen LogP contribution in [0.25, 0.3) is 0 Å². The second kappa shape index (κ2) is 8.11. The number of benzene rings is 1. The lowest BCUT2D eigenvalue weighted by molar-refractivity contribution is -0.129. The summed E-state index contributed by atoms with van der Waals surface area (Å²) in [4.78, 5) is 40.3. The molecule has 3 amide bonds. The normalized spacial score (nSPS) is 17.2. The molecule has 2 rings (SSSR count). The van der Waals surface area contributed by atoms with Crippen LogP contribution in [0, 0.1) is 0 Å². The van der Waals surface area contributed by atoms with Crippen LogP contribution in [0.5, 0.6) is 0 Å². The molecule has 0 radical (unpaired) electrons. The molecule has 7 nitrogen and oxygen atoms in total. The maximum Gasteiger partial charge on any atom is 0.238 e. The van der Waals surface area contributed by atoms with Crippen molar-refractivity contribution in [3.63, 3.8) is 0 Å². The predicted octanol–water partition coefficient (Wildman–Crippen LogP) is 1.16. The molecule has 1 N–H and O–H groups in total. The minimum atomic E-state index is -0.0844. The monoisotopic (exact) mass is 346 g/mol. The molecule has 25 heavy (non-hydrogen) atoms. The Morgan fingerprint density at radius 1 is 1.12 bits per heavy atom. The van der Waals surface area contributed by atoms with Gasteiger partial charge < -0.3 is 15.1 Å². The largest absolute Gasteiger partial charge is 0.342 e. The van der Waals surface area contributed by atoms with Gasteiger partial charge >= 0.3 is 0 Å². The first-order valence-electron chi connectivity index (χ1n) is 8.38. The van der Waals surface area contributed by atoms with Crippen LogP contribution in [0.4, 0.5) is 11.4 Å². The minimum absolute atomic E-state index is 0.0455. The Bertz CT molecular complexity index is 644. The molecule has 0 spiro atoms. The first-order chi connectivity index (χ1) is 11.8. The van der Waals surface area contributed by atoms with E-state index in [1.807, 2.05) is 0 Å². The summed E-state index contributed by atoms with van der Waals surface area (Å²) in [7, 11) is 3.51. The van der Waals surface area contributed by atoms with Crippen molar-refractivity contribution >= 4 is 29.1 Å². The fraction of sp³-hybridized carbons (Fsp3) is 0.500. The van der Waals surface area contributed by atoms with Gasteiger partial charge in [0.1, 0.15) is 0 Å². The highest BCUT2D eigenvalue weighted by Crippen LogP contribution is 2.18. The van der Waals surface area contributed by atoms with Crippen LogP contribution in [-0.2, 0) is 14.4 Å². The smallest absolute Gasteiger partial charge is 0.238 e. The van der Waals surface area contributed by atoms with Crippen molar-refractivity contribution in [1.82, 2.24) is 9.80 Å². The summed E-state index contributed by atoms with van der Waals surface area (Å²) < 4.78 is 0. The molecular weight excluding hydrogens is 320 g/mol. The Morgan fingerprint density at radius 3 is 2.32 bits per heavy atom. The quantitative estimate of drug-likeness (QED) is 0.868. The summed E-state index contributed by atoms with van der Waals surface area (Å²) in [6.07, 6.45) is 0.884. The maximum absolute atomic E-state index is 12.2. The van der Waals surface area contributed by atoms with Crippen molar-refractivity contribution in [2.45, 2.75) is 26.3 Å². The second-order valence-corrected chi connectivity index (χ2v) is 6.48. The van der Waals surface area contributed by atoms with Crippen molar-refractivity contribution in [2.24, 2.45) is 0 Å². The maximum atomic E-state index is 12.2. The first kappa shape index (κ1) is 18.9. The van der Waals surface area contributed by atoms with Gasteiger partial charge in [-0.05, 0) is 30.7 Å². The molecule has 0 aromatic heterocycles. The summed E-state index contributed by atoms with van der Waals surface area (Å²) in [6.45, 7) is 4.88. The molecule has 0 saturated carbocycles. The number of carbonyl (C=O) groups excluding carboxylic acids is 3. The van der Waals surface area contributed by atoms with Gasteiger partial charge in [0.05, 0.1) is 6.54 Å². The number of nitrogens with zero attached hydrogens (tertiary/aromatic N) is 3. The Balaban J connectivity index is 1.85. The summed E-state index contributed by atoms with van der Waals surface area (Å²) in [5.74, 6) is -0.0818. The van der Waals surface area contributed by atoms with Crippen LogP contribution >= 0.6 is 0 Å². The second-order valence-electron chi connectivity index (χ2n) is 6.48. The van der Waals surface area contributed by atoms with Gasteiger partial charge in [0, 0.05) is 58.4 Å². The Labute approximate surface area is 148 Å². The van der Waals surface area contributed by atoms with Gasteiger partial charge in [-0.2, -0.15) is 0 Å². The van der Waals surface area contributed by atoms with Crippen molar-refractivity contribution in [3.05, 3.63) is 24.3 Å². The summed E-state index contributed by atoms with van der Waals surface area (Å²) in [5, 5.41) is 2.87. The van der Waals surface area contributed by atoms with Crippen LogP contribution in [0.3, 0.4) is 0 Å². The van der Waals surface area contributed by atoms with Gasteiger partial charge in [0.15, 0.2) is 0 Å². The standard InChI is InChI=1S/C18H26N4O3/c1-13(23)20(3)16-7-5-15(6-8-16)19-18(25)12-22-10-9-17(11-22)21(4)14(2)24/h5-8,17H,9-12H2,1-4H3,(H,19,25)/t17-/m0/s1. The van der Waals surface area contributed by atoms with Crippen molar-refractivity contribution < 1.29 is 14.4 Å². The highest BCUT2D eigenvalue weighted by atomic mass is 16.2. The number of rotatable bonds is 5. The van der Waals surface area contributed by atoms with Gasteiger partial charge in [-0.25, -0.2) is 0 Å². The molecule has 136 valence electrons. The molecule has 0 bridgehead atoms. The Morgan fingerprint density at radius 2 is 1.76 bits per heavy atom. The molecule has 1 aromatic rings. The number of hydrogen-bond donors (Lipinski definition) is 1. The molecule has 1 aromatic carbocycles. The van der Waals surface area contributed by atoms with Crippen LogP contribution in [-0.4, -0.2) is 67.3 Å². The Kier molecular flexibility index (Phi) is 6.14. The van der Waals surface area contributed by atoms with Crippen molar-refractivity contribution in [1.29, 1.82) is 0 Å². The number of nitrogens with one attached hydrogen (secondary N) is 1. The third-order valence-electron chi connectivity index (χ3n) is 4.67. The van der Waals surface area contributed by atoms with Crippen molar-refractivity contribution in [3.8, 4) is 0 Å². The van der Waals surface area contributed by atoms with E-state index in [0.29, 0.717) is 18.8 Å². The van der Waals surface area contributed by atoms with Gasteiger partial charge in [0.25, 0.3) is 0 Å². The molecule has 1 heterocycles. The van der Waals surface area contributed by atoms with Gasteiger partial charge in [-0.1, -0.05) is 0 Å². The molecule has 1 saturated heterocycles. The van der Waals surface area contributed by atoms with E-state index in [2.05, 4.69) is 10.2 Å². The van der Waals surface area contributed by atoms with Crippen LogP contribution in [0.2, 0.25) is 0 Å². The summed E-state index contributed by atoms with van der Waals surface area (Å²) in [6, 6.07) is 7.33. The average Bonchev–Trinajstić information content (AvgIpc) is 3.02. The van der Waals surface area contributed by atoms with Gasteiger partial charge in [-0.3, -0.25) is 19.3 Å². The fourth-order valence-electron chi connectivity index (χ4n) is 2.88. The van der Waals surface area contributed by atoms with Crippen LogP contribution in [0.15, 0.2) is 24.3 Å². The number of anilines is 2. The van der Waals surface area contributed by atoms with Gasteiger partial charge in [-0.15, -0.1) is 0 Å². The molecular formula is C18H26N4O3. The zero-order chi connectivity index (χ0) is 18.6. The van der Waals surface area contributed by atoms with Crippen LogP contribution in [0.1, 0.15) is 20.3 Å². The molecule has 1 atom stereocenters. The van der Waals surface area contributed by atoms with E-state index in [1.54, 1.807) is 55.1 Å². The molecule has 1 aliphatic rings. The average molecular weight is 346 g/mol. The summed E-state index contributed by atoms with van der Waals surface area (Å²) in [5.41, 5.74) is 1.47. The highest BCUT2D eigenvalue weighted by Gasteiger charge is 2.27. The third kappa shape index (κ3) is 5.03. The first-order valence-corrected chi connectivity index (χ1v) is 8.38. The fourth-order valence-corrected chi connectivity index (χ4v) is 2.88. The predicted molar refractivity (Wildman–Crippen MR) is 97.4 cm³/mol. The molecule has 0 aliphatic carbocycles. The number of amides is 3. The van der Waals surface area contributed by atoms with E-state index < -0.39 is 0 Å². The number of likely N-dealkylation sites (N-methyl/N-ethyl adjacent to an activating group) is 1. The zero-order valence-electron chi connectivity index (χ0n) is 15.3. The number of likely N-dealkylation sites (tertiary alicyclic amines) is 1. The minimum Gasteiger partial charge on any atom is -0.342 e. The van der Waals surface area contributed by atoms with E-state index in [-0.39, 0.29) is 23.8 Å². The van der Waals surface area contributed by atoms with E-state index in [1.165, 1.54) is 6.92 Å². The zero-order valence-corrected chi connectivity index (χ0v) is 15.3. The lowest BCUT2D eigenvalue weighted by Gasteiger charge is -2.23. The highest BCUT2D eigenvalue weighted by molar-refractivity contribution is 5.93. The SMILES string of the molecule is CC(=O)N(C)c1ccc(NC(=O)CN2CC[C@H](N(C)C(C)=O)C2)cc1. The molecule has 1 aliphatic heterocycles. The summed E-state index contributed by atoms with van der Waals surface area (Å²) >= 11 is 0. The molecule has 7 heteroatoms. The Hall–Kier alpha value is -2.41. The number of carbonyl (C=O) groups is 3. The van der Waals surface area contributed by atoms with Crippen molar-refractivity contribution in [2.75, 3.05) is 43.9 Å². The topological polar surface area (TPSA) is 73.0 Å². The molecule has 0 unspecified atom stereocenters. The van der Waals surface area contributed by atoms with Gasteiger partial charge in [0.2, 0.25) is 17.7 Å². The third-order valence-corrected chi connectivity index (χ3v) is 4.67. The number of hydrogen-bond acceptors (Lipinski definition) is 4. The van der Waals surface area contributed by atoms with Crippen LogP contribution < -0.4 is 10.2 Å². The van der Waals surface area contributed by atoms with E-state index in [9.17, 15) is 14.4 Å². The van der Waals surface area contributed by atoms with E-state index in [4.69, 9.17) is 0 Å². The lowest BCUT2D eigenvalue weighted by atomic mass is 10.2.